The van der Waals surface area contributed by atoms with Crippen LogP contribution in [0.1, 0.15) is 11.4 Å². The van der Waals surface area contributed by atoms with Crippen molar-refractivity contribution >= 4 is 34.5 Å². The molecule has 3 N–H and O–H groups in total. The van der Waals surface area contributed by atoms with Crippen molar-refractivity contribution in [1.82, 2.24) is 19.9 Å². The summed E-state index contributed by atoms with van der Waals surface area (Å²) in [4.78, 5) is 26.5. The molecule has 13 heteroatoms. The van der Waals surface area contributed by atoms with Gasteiger partial charge in [-0.1, -0.05) is 17.7 Å². The number of aromatic nitrogens is 3. The number of morpholine rings is 1. The Morgan fingerprint density at radius 1 is 1.30 bits per heavy atom. The van der Waals surface area contributed by atoms with Crippen molar-refractivity contribution in [1.29, 1.82) is 0 Å². The van der Waals surface area contributed by atoms with Crippen LogP contribution in [0.2, 0.25) is 5.02 Å². The summed E-state index contributed by atoms with van der Waals surface area (Å²) < 4.78 is 16.6. The molecule has 4 rings (SSSR count). The molecule has 0 spiro atoms. The number of nitrogens with two attached hydrogens (primary N) is 1. The van der Waals surface area contributed by atoms with Crippen LogP contribution in [0.5, 0.6) is 11.5 Å². The molecule has 1 aliphatic heterocycles. The SMILES string of the molecule is COc1cc(OCCN2CCOCC2)c([N+](=O)[O-])cc1Nc1ncc(Cl)c(C(=CN)c2ccccn2)n1. The first kappa shape index (κ1) is 26.1. The number of ether oxygens (including phenoxy) is 3. The molecule has 1 aromatic carbocycles. The molecule has 12 nitrogen and oxygen atoms in total. The quantitative estimate of drug-likeness (QED) is 0.295. The van der Waals surface area contributed by atoms with Gasteiger partial charge in [0.2, 0.25) is 11.7 Å². The highest BCUT2D eigenvalue weighted by atomic mass is 35.5. The Bertz CT molecular complexity index is 1270. The fourth-order valence-corrected chi connectivity index (χ4v) is 3.92. The second-order valence-corrected chi connectivity index (χ2v) is 8.30. The topological polar surface area (TPSA) is 151 Å². The van der Waals surface area contributed by atoms with Crippen LogP contribution in [-0.4, -0.2) is 71.3 Å². The third-order valence-corrected chi connectivity index (χ3v) is 5.88. The minimum absolute atomic E-state index is 0.0990. The molecule has 1 saturated heterocycles. The van der Waals surface area contributed by atoms with Gasteiger partial charge >= 0.3 is 5.69 Å². The molecule has 3 aromatic rings. The van der Waals surface area contributed by atoms with E-state index in [0.29, 0.717) is 42.5 Å². The second-order valence-electron chi connectivity index (χ2n) is 7.89. The fraction of sp³-hybridized carbons (Fsp3) is 0.292. The lowest BCUT2D eigenvalue weighted by atomic mass is 10.1. The second kappa shape index (κ2) is 12.3. The molecule has 0 radical (unpaired) electrons. The summed E-state index contributed by atoms with van der Waals surface area (Å²) in [6.07, 6.45) is 4.39. The molecule has 37 heavy (non-hydrogen) atoms. The number of nitro benzene ring substituents is 1. The van der Waals surface area contributed by atoms with E-state index in [1.807, 2.05) is 6.07 Å². The number of halogens is 1. The van der Waals surface area contributed by atoms with Gasteiger partial charge in [-0.05, 0) is 12.1 Å². The number of rotatable bonds is 10. The molecule has 194 valence electrons. The smallest absolute Gasteiger partial charge is 0.313 e. The molecule has 3 heterocycles. The number of nitrogens with one attached hydrogen (secondary N) is 1. The van der Waals surface area contributed by atoms with Crippen LogP contribution in [0.15, 0.2) is 48.9 Å². The Morgan fingerprint density at radius 2 is 2.11 bits per heavy atom. The summed E-state index contributed by atoms with van der Waals surface area (Å²) in [6, 6.07) is 8.15. The first-order valence-corrected chi connectivity index (χ1v) is 11.8. The minimum atomic E-state index is -0.515. The van der Waals surface area contributed by atoms with Crippen LogP contribution in [-0.2, 0) is 4.74 Å². The van der Waals surface area contributed by atoms with E-state index >= 15 is 0 Å². The number of methoxy groups -OCH3 is 1. The average Bonchev–Trinajstić information content (AvgIpc) is 2.92. The first-order chi connectivity index (χ1) is 18.0. The van der Waals surface area contributed by atoms with Crippen molar-refractivity contribution in [2.24, 2.45) is 5.73 Å². The zero-order valence-corrected chi connectivity index (χ0v) is 20.8. The van der Waals surface area contributed by atoms with Crippen LogP contribution in [0.3, 0.4) is 0 Å². The van der Waals surface area contributed by atoms with Crippen molar-refractivity contribution in [3.8, 4) is 11.5 Å². The molecule has 1 fully saturated rings. The van der Waals surface area contributed by atoms with Gasteiger partial charge in [-0.3, -0.25) is 20.0 Å². The van der Waals surface area contributed by atoms with Gasteiger partial charge in [0.25, 0.3) is 0 Å². The van der Waals surface area contributed by atoms with Gasteiger partial charge in [0.05, 0.1) is 53.5 Å². The van der Waals surface area contributed by atoms with Crippen molar-refractivity contribution in [3.63, 3.8) is 0 Å². The van der Waals surface area contributed by atoms with Crippen LogP contribution in [0.25, 0.3) is 5.57 Å². The predicted octanol–water partition coefficient (Wildman–Crippen LogP) is 3.24. The molecule has 0 bridgehead atoms. The molecule has 0 atom stereocenters. The van der Waals surface area contributed by atoms with E-state index in [4.69, 9.17) is 31.5 Å². The summed E-state index contributed by atoms with van der Waals surface area (Å²) in [5, 5.41) is 15.1. The molecule has 1 aliphatic rings. The van der Waals surface area contributed by atoms with Crippen molar-refractivity contribution in [2.45, 2.75) is 0 Å². The van der Waals surface area contributed by atoms with Crippen molar-refractivity contribution in [3.05, 3.63) is 75.5 Å². The molecule has 0 unspecified atom stereocenters. The number of pyridine rings is 1. The van der Waals surface area contributed by atoms with Crippen molar-refractivity contribution < 1.29 is 19.1 Å². The van der Waals surface area contributed by atoms with Gasteiger partial charge in [0.1, 0.15) is 12.4 Å². The lowest BCUT2D eigenvalue weighted by Gasteiger charge is -2.26. The van der Waals surface area contributed by atoms with Crippen LogP contribution in [0.4, 0.5) is 17.3 Å². The lowest BCUT2D eigenvalue weighted by molar-refractivity contribution is -0.385. The first-order valence-electron chi connectivity index (χ1n) is 11.4. The molecular weight excluding hydrogens is 502 g/mol. The van der Waals surface area contributed by atoms with E-state index in [1.54, 1.807) is 18.3 Å². The Kier molecular flexibility index (Phi) is 8.67. The highest BCUT2D eigenvalue weighted by Crippen LogP contribution is 2.39. The number of hydrogen-bond donors (Lipinski definition) is 2. The predicted molar refractivity (Wildman–Crippen MR) is 138 cm³/mol. The molecule has 2 aromatic heterocycles. The summed E-state index contributed by atoms with van der Waals surface area (Å²) in [5.74, 6) is 0.538. The average molecular weight is 528 g/mol. The maximum absolute atomic E-state index is 11.8. The normalized spacial score (nSPS) is 14.3. The standard InChI is InChI=1S/C24H26ClN7O5/c1-35-21-13-22(37-11-8-31-6-9-36-10-7-31)20(32(33)34)12-19(21)29-24-28-15-17(25)23(30-24)16(14-26)18-4-2-3-5-27-18/h2-5,12-15H,6-11,26H2,1H3,(H,28,29,30). The van der Waals surface area contributed by atoms with Gasteiger partial charge in [-0.2, -0.15) is 0 Å². The fourth-order valence-electron chi connectivity index (χ4n) is 3.73. The van der Waals surface area contributed by atoms with Crippen LogP contribution in [0, 0.1) is 10.1 Å². The summed E-state index contributed by atoms with van der Waals surface area (Å²) >= 11 is 6.36. The Hall–Kier alpha value is -4.00. The highest BCUT2D eigenvalue weighted by molar-refractivity contribution is 6.32. The maximum Gasteiger partial charge on any atom is 0.313 e. The molecule has 0 saturated carbocycles. The van der Waals surface area contributed by atoms with E-state index in [9.17, 15) is 10.1 Å². The molecule has 0 amide bonds. The Labute approximate surface area is 218 Å². The highest BCUT2D eigenvalue weighted by Gasteiger charge is 2.22. The Balaban J connectivity index is 1.58. The zero-order valence-electron chi connectivity index (χ0n) is 20.1. The Morgan fingerprint density at radius 3 is 2.78 bits per heavy atom. The van der Waals surface area contributed by atoms with Gasteiger partial charge in [-0.15, -0.1) is 0 Å². The minimum Gasteiger partial charge on any atom is -0.494 e. The van der Waals surface area contributed by atoms with Crippen LogP contribution < -0.4 is 20.5 Å². The molecular formula is C24H26ClN7O5. The van der Waals surface area contributed by atoms with Crippen molar-refractivity contribution in [2.75, 3.05) is 51.9 Å². The van der Waals surface area contributed by atoms with Gasteiger partial charge in [0.15, 0.2) is 0 Å². The summed E-state index contributed by atoms with van der Waals surface area (Å²) in [6.45, 7) is 3.81. The lowest BCUT2D eigenvalue weighted by Crippen LogP contribution is -2.38. The van der Waals surface area contributed by atoms with E-state index in [-0.39, 0.29) is 34.7 Å². The zero-order chi connectivity index (χ0) is 26.2. The monoisotopic (exact) mass is 527 g/mol. The van der Waals surface area contributed by atoms with Crippen LogP contribution >= 0.6 is 11.6 Å². The third kappa shape index (κ3) is 6.42. The van der Waals surface area contributed by atoms with Gasteiger partial charge in [0, 0.05) is 49.7 Å². The summed E-state index contributed by atoms with van der Waals surface area (Å²) in [5.41, 5.74) is 7.32. The number of nitrogens with zero attached hydrogens (tertiary/aromatic N) is 5. The number of anilines is 2. The van der Waals surface area contributed by atoms with Gasteiger partial charge < -0.3 is 25.3 Å². The van der Waals surface area contributed by atoms with E-state index in [1.165, 1.54) is 31.6 Å². The number of nitro groups is 1. The summed E-state index contributed by atoms with van der Waals surface area (Å²) in [7, 11) is 1.45. The number of hydrogen-bond acceptors (Lipinski definition) is 11. The largest absolute Gasteiger partial charge is 0.494 e. The van der Waals surface area contributed by atoms with E-state index < -0.39 is 4.92 Å². The molecule has 0 aliphatic carbocycles. The van der Waals surface area contributed by atoms with E-state index in [0.717, 1.165) is 13.1 Å². The van der Waals surface area contributed by atoms with E-state index in [2.05, 4.69) is 25.2 Å². The maximum atomic E-state index is 11.8. The van der Waals surface area contributed by atoms with Gasteiger partial charge in [-0.25, -0.2) is 9.97 Å². The number of benzene rings is 1. The third-order valence-electron chi connectivity index (χ3n) is 5.60.